The molecule has 21 heavy (non-hydrogen) atoms. The number of aliphatic carboxylic acids is 1. The molecule has 2 N–H and O–H groups in total. The summed E-state index contributed by atoms with van der Waals surface area (Å²) >= 11 is 3.28. The van der Waals surface area contributed by atoms with Crippen LogP contribution in [0.15, 0.2) is 59.1 Å². The summed E-state index contributed by atoms with van der Waals surface area (Å²) in [6.07, 6.45) is 0.246. The Labute approximate surface area is 130 Å². The lowest BCUT2D eigenvalue weighted by molar-refractivity contribution is -0.139. The van der Waals surface area contributed by atoms with Gasteiger partial charge in [0.2, 0.25) is 0 Å². The number of hydrogen-bond acceptors (Lipinski definition) is 2. The van der Waals surface area contributed by atoms with Crippen LogP contribution < -0.4 is 5.32 Å². The van der Waals surface area contributed by atoms with E-state index in [1.54, 1.807) is 24.3 Å². The Bertz CT molecular complexity index is 643. The highest BCUT2D eigenvalue weighted by atomic mass is 79.9. The van der Waals surface area contributed by atoms with Crippen LogP contribution in [0.4, 0.5) is 0 Å². The van der Waals surface area contributed by atoms with E-state index in [9.17, 15) is 14.7 Å². The highest BCUT2D eigenvalue weighted by Crippen LogP contribution is 2.12. The van der Waals surface area contributed by atoms with Gasteiger partial charge in [0.15, 0.2) is 0 Å². The van der Waals surface area contributed by atoms with Gasteiger partial charge in [0.25, 0.3) is 5.91 Å². The second kappa shape index (κ2) is 7.04. The van der Waals surface area contributed by atoms with E-state index in [1.807, 2.05) is 30.3 Å². The second-order valence-corrected chi connectivity index (χ2v) is 5.48. The van der Waals surface area contributed by atoms with Gasteiger partial charge in [-0.05, 0) is 23.8 Å². The number of hydrogen-bond donors (Lipinski definition) is 2. The quantitative estimate of drug-likeness (QED) is 0.873. The zero-order chi connectivity index (χ0) is 15.2. The van der Waals surface area contributed by atoms with Crippen molar-refractivity contribution >= 4 is 27.8 Å². The van der Waals surface area contributed by atoms with Crippen molar-refractivity contribution in [2.24, 2.45) is 0 Å². The first-order valence-electron chi connectivity index (χ1n) is 6.39. The zero-order valence-electron chi connectivity index (χ0n) is 11.1. The number of carboxylic acids is 1. The molecule has 4 nitrogen and oxygen atoms in total. The van der Waals surface area contributed by atoms with Gasteiger partial charge in [-0.25, -0.2) is 4.79 Å². The minimum Gasteiger partial charge on any atom is -0.480 e. The molecule has 0 fully saturated rings. The molecule has 0 aliphatic rings. The molecule has 0 aliphatic carbocycles. The molecule has 0 bridgehead atoms. The van der Waals surface area contributed by atoms with E-state index in [0.29, 0.717) is 5.56 Å². The Morgan fingerprint density at radius 1 is 1.10 bits per heavy atom. The largest absolute Gasteiger partial charge is 0.480 e. The van der Waals surface area contributed by atoms with Gasteiger partial charge in [0.1, 0.15) is 6.04 Å². The highest BCUT2D eigenvalue weighted by Gasteiger charge is 2.21. The SMILES string of the molecule is O=C(N[C@@H](Cc1ccccc1)C(=O)O)c1cccc(Br)c1. The number of carbonyl (C=O) groups excluding carboxylic acids is 1. The molecular formula is C16H14BrNO3. The van der Waals surface area contributed by atoms with Gasteiger partial charge < -0.3 is 10.4 Å². The van der Waals surface area contributed by atoms with Crippen LogP contribution in [0, 0.1) is 0 Å². The molecule has 0 unspecified atom stereocenters. The number of halogens is 1. The molecule has 0 spiro atoms. The molecule has 2 rings (SSSR count). The first-order valence-corrected chi connectivity index (χ1v) is 7.19. The minimum atomic E-state index is -1.05. The van der Waals surface area contributed by atoms with Gasteiger partial charge in [-0.3, -0.25) is 4.79 Å². The maximum atomic E-state index is 12.1. The number of benzene rings is 2. The fourth-order valence-corrected chi connectivity index (χ4v) is 2.32. The molecule has 0 heterocycles. The summed E-state index contributed by atoms with van der Waals surface area (Å²) in [5.41, 5.74) is 1.28. The lowest BCUT2D eigenvalue weighted by Gasteiger charge is -2.14. The molecule has 5 heteroatoms. The lowest BCUT2D eigenvalue weighted by Crippen LogP contribution is -2.42. The van der Waals surface area contributed by atoms with Gasteiger partial charge in [0.05, 0.1) is 0 Å². The van der Waals surface area contributed by atoms with Crippen LogP contribution in [0.2, 0.25) is 0 Å². The van der Waals surface area contributed by atoms with Crippen molar-refractivity contribution in [1.29, 1.82) is 0 Å². The van der Waals surface area contributed by atoms with Crippen molar-refractivity contribution < 1.29 is 14.7 Å². The van der Waals surface area contributed by atoms with Crippen molar-refractivity contribution in [3.8, 4) is 0 Å². The van der Waals surface area contributed by atoms with Gasteiger partial charge in [0, 0.05) is 16.5 Å². The summed E-state index contributed by atoms with van der Waals surface area (Å²) in [6, 6.07) is 15.1. The van der Waals surface area contributed by atoms with E-state index in [4.69, 9.17) is 0 Å². The highest BCUT2D eigenvalue weighted by molar-refractivity contribution is 9.10. The van der Waals surface area contributed by atoms with Crippen LogP contribution in [0.25, 0.3) is 0 Å². The van der Waals surface area contributed by atoms with Crippen LogP contribution in [-0.2, 0) is 11.2 Å². The normalized spacial score (nSPS) is 11.7. The predicted molar refractivity (Wildman–Crippen MR) is 83.2 cm³/mol. The molecule has 0 saturated carbocycles. The molecule has 0 radical (unpaired) electrons. The maximum absolute atomic E-state index is 12.1. The Hall–Kier alpha value is -2.14. The summed E-state index contributed by atoms with van der Waals surface area (Å²) in [4.78, 5) is 23.4. The summed E-state index contributed by atoms with van der Waals surface area (Å²) in [5, 5.41) is 11.8. The Kier molecular flexibility index (Phi) is 5.11. The van der Waals surface area contributed by atoms with Gasteiger partial charge in [-0.2, -0.15) is 0 Å². The smallest absolute Gasteiger partial charge is 0.326 e. The molecule has 2 aromatic rings. The van der Waals surface area contributed by atoms with Crippen molar-refractivity contribution in [3.63, 3.8) is 0 Å². The number of nitrogens with one attached hydrogen (secondary N) is 1. The fourth-order valence-electron chi connectivity index (χ4n) is 1.92. The van der Waals surface area contributed by atoms with E-state index in [2.05, 4.69) is 21.2 Å². The Morgan fingerprint density at radius 2 is 1.81 bits per heavy atom. The van der Waals surface area contributed by atoms with Crippen LogP contribution >= 0.6 is 15.9 Å². The standard InChI is InChI=1S/C16H14BrNO3/c17-13-8-4-7-12(10-13)15(19)18-14(16(20)21)9-11-5-2-1-3-6-11/h1-8,10,14H,9H2,(H,18,19)(H,20,21)/t14-/m0/s1. The van der Waals surface area contributed by atoms with Gasteiger partial charge in [-0.15, -0.1) is 0 Å². The lowest BCUT2D eigenvalue weighted by atomic mass is 10.1. The monoisotopic (exact) mass is 347 g/mol. The molecule has 1 atom stereocenters. The molecule has 0 aliphatic heterocycles. The Morgan fingerprint density at radius 3 is 2.43 bits per heavy atom. The number of amides is 1. The number of rotatable bonds is 5. The molecule has 1 amide bonds. The van der Waals surface area contributed by atoms with E-state index >= 15 is 0 Å². The minimum absolute atomic E-state index is 0.246. The van der Waals surface area contributed by atoms with E-state index < -0.39 is 17.9 Å². The molecule has 2 aromatic carbocycles. The average molecular weight is 348 g/mol. The zero-order valence-corrected chi connectivity index (χ0v) is 12.7. The fraction of sp³-hybridized carbons (Fsp3) is 0.125. The number of carbonyl (C=O) groups is 2. The molecular weight excluding hydrogens is 334 g/mol. The topological polar surface area (TPSA) is 66.4 Å². The summed E-state index contributed by atoms with van der Waals surface area (Å²) < 4.78 is 0.769. The van der Waals surface area contributed by atoms with E-state index in [1.165, 1.54) is 0 Å². The van der Waals surface area contributed by atoms with Crippen molar-refractivity contribution in [3.05, 3.63) is 70.2 Å². The van der Waals surface area contributed by atoms with Crippen LogP contribution in [0.3, 0.4) is 0 Å². The first-order chi connectivity index (χ1) is 10.1. The predicted octanol–water partition coefficient (Wildman–Crippen LogP) is 2.87. The number of carboxylic acid groups (broad SMARTS) is 1. The summed E-state index contributed by atoms with van der Waals surface area (Å²) in [7, 11) is 0. The first kappa shape index (κ1) is 15.3. The average Bonchev–Trinajstić information content (AvgIpc) is 2.47. The van der Waals surface area contributed by atoms with Crippen LogP contribution in [0.1, 0.15) is 15.9 Å². The molecule has 108 valence electrons. The third-order valence-electron chi connectivity index (χ3n) is 2.97. The summed E-state index contributed by atoms with van der Waals surface area (Å²) in [5.74, 6) is -1.46. The third kappa shape index (κ3) is 4.43. The molecule has 0 saturated heterocycles. The maximum Gasteiger partial charge on any atom is 0.326 e. The van der Waals surface area contributed by atoms with Gasteiger partial charge in [-0.1, -0.05) is 52.3 Å². The van der Waals surface area contributed by atoms with Crippen molar-refractivity contribution in [1.82, 2.24) is 5.32 Å². The Balaban J connectivity index is 2.10. The van der Waals surface area contributed by atoms with Crippen LogP contribution in [-0.4, -0.2) is 23.0 Å². The summed E-state index contributed by atoms with van der Waals surface area (Å²) in [6.45, 7) is 0. The van der Waals surface area contributed by atoms with Crippen molar-refractivity contribution in [2.75, 3.05) is 0 Å². The molecule has 0 aromatic heterocycles. The second-order valence-electron chi connectivity index (χ2n) is 4.56. The van der Waals surface area contributed by atoms with E-state index in [0.717, 1.165) is 10.0 Å². The van der Waals surface area contributed by atoms with Gasteiger partial charge >= 0.3 is 5.97 Å². The van der Waals surface area contributed by atoms with Crippen molar-refractivity contribution in [2.45, 2.75) is 12.5 Å². The third-order valence-corrected chi connectivity index (χ3v) is 3.47. The van der Waals surface area contributed by atoms with E-state index in [-0.39, 0.29) is 6.42 Å². The van der Waals surface area contributed by atoms with Crippen LogP contribution in [0.5, 0.6) is 0 Å².